The first kappa shape index (κ1) is 12.9. The van der Waals surface area contributed by atoms with Gasteiger partial charge < -0.3 is 4.74 Å². The Hall–Kier alpha value is -1.52. The van der Waals surface area contributed by atoms with Gasteiger partial charge in [0.25, 0.3) is 5.91 Å². The van der Waals surface area contributed by atoms with Gasteiger partial charge in [0, 0.05) is 10.0 Å². The second-order valence-corrected chi connectivity index (χ2v) is 4.82. The maximum Gasteiger partial charge on any atom is 0.422 e. The zero-order valence-corrected chi connectivity index (χ0v) is 11.0. The van der Waals surface area contributed by atoms with Gasteiger partial charge in [0.1, 0.15) is 0 Å². The molecule has 2 rings (SSSR count). The van der Waals surface area contributed by atoms with Gasteiger partial charge in [-0.15, -0.1) is 0 Å². The van der Waals surface area contributed by atoms with Crippen molar-refractivity contribution < 1.29 is 14.3 Å². The minimum atomic E-state index is -1.36. The van der Waals surface area contributed by atoms with Crippen molar-refractivity contribution >= 4 is 40.9 Å². The third kappa shape index (κ3) is 1.98. The van der Waals surface area contributed by atoms with Crippen LogP contribution in [0.3, 0.4) is 0 Å². The summed E-state index contributed by atoms with van der Waals surface area (Å²) in [6, 6.07) is 4.42. The summed E-state index contributed by atoms with van der Waals surface area (Å²) in [6.45, 7) is 4.95. The Kier molecular flexibility index (Phi) is 3.09. The van der Waals surface area contributed by atoms with Crippen LogP contribution in [0.25, 0.3) is 0 Å². The summed E-state index contributed by atoms with van der Waals surface area (Å²) in [5.41, 5.74) is -1.08. The number of amides is 2. The Balaban J connectivity index is 2.48. The minimum absolute atomic E-state index is 0.271. The van der Waals surface area contributed by atoms with Crippen LogP contribution < -0.4 is 4.90 Å². The third-order valence-electron chi connectivity index (χ3n) is 2.60. The van der Waals surface area contributed by atoms with Gasteiger partial charge >= 0.3 is 6.09 Å². The van der Waals surface area contributed by atoms with Gasteiger partial charge in [-0.25, -0.2) is 9.69 Å². The van der Waals surface area contributed by atoms with Gasteiger partial charge in [-0.3, -0.25) is 4.79 Å². The van der Waals surface area contributed by atoms with E-state index in [1.807, 2.05) is 0 Å². The average molecular weight is 286 g/mol. The standard InChI is InChI=1S/C12H9Cl2NO3/c1-3-12(2)10(16)15(11(17)18-12)9-5-7(13)4-8(14)6-9/h3-6H,1H2,2H3/t12-/m0/s1. The summed E-state index contributed by atoms with van der Waals surface area (Å²) in [5.74, 6) is -0.527. The first-order valence-corrected chi connectivity index (χ1v) is 5.80. The fraction of sp³-hybridized carbons (Fsp3) is 0.167. The molecule has 6 heteroatoms. The maximum absolute atomic E-state index is 12.1. The number of rotatable bonds is 2. The van der Waals surface area contributed by atoms with Gasteiger partial charge in [0.15, 0.2) is 0 Å². The molecule has 0 saturated carbocycles. The first-order valence-electron chi connectivity index (χ1n) is 5.04. The van der Waals surface area contributed by atoms with Crippen molar-refractivity contribution in [1.29, 1.82) is 0 Å². The van der Waals surface area contributed by atoms with Crippen LogP contribution in [0.15, 0.2) is 30.9 Å². The molecule has 1 saturated heterocycles. The van der Waals surface area contributed by atoms with Crippen molar-refractivity contribution in [2.45, 2.75) is 12.5 Å². The van der Waals surface area contributed by atoms with Gasteiger partial charge in [-0.05, 0) is 31.2 Å². The highest BCUT2D eigenvalue weighted by molar-refractivity contribution is 6.35. The summed E-state index contributed by atoms with van der Waals surface area (Å²) in [6.07, 6.45) is 0.500. The lowest BCUT2D eigenvalue weighted by atomic mass is 10.1. The van der Waals surface area contributed by atoms with Crippen LogP contribution in [0, 0.1) is 0 Å². The van der Waals surface area contributed by atoms with Crippen molar-refractivity contribution in [3.05, 3.63) is 40.9 Å². The largest absolute Gasteiger partial charge is 0.428 e. The second-order valence-electron chi connectivity index (χ2n) is 3.95. The van der Waals surface area contributed by atoms with Crippen LogP contribution >= 0.6 is 23.2 Å². The number of anilines is 1. The number of cyclic esters (lactones) is 1. The monoisotopic (exact) mass is 285 g/mol. The average Bonchev–Trinajstić information content (AvgIpc) is 2.49. The van der Waals surface area contributed by atoms with E-state index in [-0.39, 0.29) is 5.69 Å². The molecule has 0 unspecified atom stereocenters. The molecule has 4 nitrogen and oxygen atoms in total. The molecule has 1 atom stereocenters. The van der Waals surface area contributed by atoms with E-state index in [9.17, 15) is 9.59 Å². The summed E-state index contributed by atoms with van der Waals surface area (Å²) in [7, 11) is 0. The Labute approximate surface area is 114 Å². The Bertz CT molecular complexity index is 538. The molecule has 0 spiro atoms. The molecule has 0 aliphatic carbocycles. The van der Waals surface area contributed by atoms with Crippen LogP contribution in [0.2, 0.25) is 10.0 Å². The molecular formula is C12H9Cl2NO3. The number of ether oxygens (including phenoxy) is 1. The van der Waals surface area contributed by atoms with Gasteiger partial charge in [0.05, 0.1) is 5.69 Å². The van der Waals surface area contributed by atoms with Gasteiger partial charge in [-0.2, -0.15) is 0 Å². The van der Waals surface area contributed by atoms with Crippen molar-refractivity contribution in [2.24, 2.45) is 0 Å². The Morgan fingerprint density at radius 3 is 2.28 bits per heavy atom. The van der Waals surface area contributed by atoms with E-state index >= 15 is 0 Å². The molecule has 0 bridgehead atoms. The number of hydrogen-bond donors (Lipinski definition) is 0. The molecule has 1 aliphatic rings. The van der Waals surface area contributed by atoms with E-state index < -0.39 is 17.6 Å². The maximum atomic E-state index is 12.1. The predicted molar refractivity (Wildman–Crippen MR) is 69.0 cm³/mol. The Morgan fingerprint density at radius 1 is 1.28 bits per heavy atom. The molecule has 1 fully saturated rings. The van der Waals surface area contributed by atoms with Crippen LogP contribution in [0.5, 0.6) is 0 Å². The lowest BCUT2D eigenvalue weighted by Gasteiger charge is -2.15. The normalized spacial score (nSPS) is 23.2. The topological polar surface area (TPSA) is 46.6 Å². The molecule has 0 radical (unpaired) electrons. The zero-order chi connectivity index (χ0) is 13.5. The van der Waals surface area contributed by atoms with E-state index in [0.29, 0.717) is 10.0 Å². The fourth-order valence-electron chi connectivity index (χ4n) is 1.60. The minimum Gasteiger partial charge on any atom is -0.428 e. The van der Waals surface area contributed by atoms with Crippen molar-refractivity contribution in [3.8, 4) is 0 Å². The molecule has 0 aromatic heterocycles. The number of benzene rings is 1. The molecular weight excluding hydrogens is 277 g/mol. The van der Waals surface area contributed by atoms with Crippen LogP contribution in [0.4, 0.5) is 10.5 Å². The third-order valence-corrected chi connectivity index (χ3v) is 3.04. The van der Waals surface area contributed by atoms with Crippen LogP contribution in [-0.4, -0.2) is 17.6 Å². The second kappa shape index (κ2) is 4.30. The number of hydrogen-bond acceptors (Lipinski definition) is 3. The van der Waals surface area contributed by atoms with Gasteiger partial charge in [0.2, 0.25) is 5.60 Å². The number of nitrogens with zero attached hydrogens (tertiary/aromatic N) is 1. The van der Waals surface area contributed by atoms with Crippen molar-refractivity contribution in [3.63, 3.8) is 0 Å². The summed E-state index contributed by atoms with van der Waals surface area (Å²) < 4.78 is 4.99. The molecule has 1 aliphatic heterocycles. The summed E-state index contributed by atoms with van der Waals surface area (Å²) in [4.78, 5) is 24.7. The highest BCUT2D eigenvalue weighted by Crippen LogP contribution is 2.33. The number of imide groups is 1. The molecule has 1 aromatic rings. The molecule has 2 amide bonds. The molecule has 1 aromatic carbocycles. The quantitative estimate of drug-likeness (QED) is 0.782. The highest BCUT2D eigenvalue weighted by Gasteiger charge is 2.49. The van der Waals surface area contributed by atoms with E-state index in [2.05, 4.69) is 6.58 Å². The summed E-state index contributed by atoms with van der Waals surface area (Å²) in [5, 5.41) is 0.649. The Morgan fingerprint density at radius 2 is 1.83 bits per heavy atom. The molecule has 94 valence electrons. The molecule has 18 heavy (non-hydrogen) atoms. The molecule has 0 N–H and O–H groups in total. The SMILES string of the molecule is C=C[C@]1(C)OC(=O)N(c2cc(Cl)cc(Cl)c2)C1=O. The predicted octanol–water partition coefficient (Wildman–Crippen LogP) is 3.42. The van der Waals surface area contributed by atoms with Gasteiger partial charge in [-0.1, -0.05) is 29.8 Å². The van der Waals surface area contributed by atoms with E-state index in [1.165, 1.54) is 31.2 Å². The first-order chi connectivity index (χ1) is 8.37. The van der Waals surface area contributed by atoms with E-state index in [1.54, 1.807) is 0 Å². The number of halogens is 2. The number of carbonyl (C=O) groups is 2. The summed E-state index contributed by atoms with van der Waals surface area (Å²) >= 11 is 11.7. The smallest absolute Gasteiger partial charge is 0.422 e. The highest BCUT2D eigenvalue weighted by atomic mass is 35.5. The molecule has 1 heterocycles. The van der Waals surface area contributed by atoms with Crippen molar-refractivity contribution in [2.75, 3.05) is 4.90 Å². The van der Waals surface area contributed by atoms with Crippen LogP contribution in [0.1, 0.15) is 6.92 Å². The van der Waals surface area contributed by atoms with E-state index in [0.717, 1.165) is 4.90 Å². The zero-order valence-electron chi connectivity index (χ0n) is 9.44. The fourth-order valence-corrected chi connectivity index (χ4v) is 2.11. The van der Waals surface area contributed by atoms with E-state index in [4.69, 9.17) is 27.9 Å². The number of carbonyl (C=O) groups excluding carboxylic acids is 2. The van der Waals surface area contributed by atoms with Crippen LogP contribution in [-0.2, 0) is 9.53 Å². The van der Waals surface area contributed by atoms with Crippen molar-refractivity contribution in [1.82, 2.24) is 0 Å². The lowest BCUT2D eigenvalue weighted by Crippen LogP contribution is -2.37. The lowest BCUT2D eigenvalue weighted by molar-refractivity contribution is -0.125.